The number of hydrogen-bond acceptors (Lipinski definition) is 10. The van der Waals surface area contributed by atoms with E-state index in [-0.39, 0.29) is 23.8 Å². The van der Waals surface area contributed by atoms with Crippen molar-refractivity contribution in [3.8, 4) is 12.1 Å². The van der Waals surface area contributed by atoms with Crippen LogP contribution in [0.5, 0.6) is 0 Å². The van der Waals surface area contributed by atoms with Crippen molar-refractivity contribution < 1.29 is 32.2 Å². The summed E-state index contributed by atoms with van der Waals surface area (Å²) in [6.07, 6.45) is 12.4. The van der Waals surface area contributed by atoms with E-state index in [0.717, 1.165) is 36.8 Å². The number of aromatic nitrogens is 2. The number of hydrogen-bond donors (Lipinski definition) is 6. The molecule has 0 spiro atoms. The van der Waals surface area contributed by atoms with Gasteiger partial charge in [0.15, 0.2) is 0 Å². The maximum absolute atomic E-state index is 15.4. The van der Waals surface area contributed by atoms with Crippen molar-refractivity contribution in [2.45, 2.75) is 126 Å². The minimum Gasteiger partial charge on any atom is -0.322 e. The normalized spacial score (nSPS) is 18.0. The van der Waals surface area contributed by atoms with Crippen LogP contribution < -0.4 is 31.7 Å². The molecule has 2 aliphatic carbocycles. The number of nitrogens with one attached hydrogen (secondary N) is 5. The zero-order chi connectivity index (χ0) is 61.3. The Balaban J connectivity index is 0.000000225. The molecule has 2 saturated heterocycles. The molecule has 2 saturated carbocycles. The SMILES string of the molecule is CC(C)(C)[S@@](=O)NC(CCC1CC1)(c1cccc(C#N)c1)c1ccc(F)c(NC(=O)[C@H]2CCCN2C(=O)Nc2ccc(Cl)cn2)c1.Cl.N#Cc1cccc(C(N)(CCC2CC2)c2ccc(F)c(NC(=O)[C@H]3CCCN3C(=O)Nc3ccc(Cl)cn3)c2)c1. The van der Waals surface area contributed by atoms with E-state index in [4.69, 9.17) is 28.9 Å². The van der Waals surface area contributed by atoms with Crippen molar-refractivity contribution >= 4 is 93.5 Å². The number of rotatable bonds is 18. The van der Waals surface area contributed by atoms with Crippen molar-refractivity contribution in [2.24, 2.45) is 17.6 Å². The second kappa shape index (κ2) is 28.5. The van der Waals surface area contributed by atoms with Crippen molar-refractivity contribution in [1.29, 1.82) is 10.5 Å². The third kappa shape index (κ3) is 16.3. The van der Waals surface area contributed by atoms with Gasteiger partial charge >= 0.3 is 12.1 Å². The summed E-state index contributed by atoms with van der Waals surface area (Å²) < 4.78 is 46.9. The number of pyridine rings is 2. The Morgan fingerprint density at radius 3 is 1.52 bits per heavy atom. The van der Waals surface area contributed by atoms with E-state index >= 15 is 8.78 Å². The first-order valence-electron chi connectivity index (χ1n) is 28.8. The highest BCUT2D eigenvalue weighted by molar-refractivity contribution is 7.84. The summed E-state index contributed by atoms with van der Waals surface area (Å²) >= 11 is 11.8. The molecule has 17 nitrogen and oxygen atoms in total. The van der Waals surface area contributed by atoms with Crippen LogP contribution in [-0.2, 0) is 31.7 Å². The van der Waals surface area contributed by atoms with Crippen LogP contribution in [0.15, 0.2) is 122 Å². The fraction of sp³-hybridized carbons (Fsp3) is 0.375. The lowest BCUT2D eigenvalue weighted by Crippen LogP contribution is -2.49. The highest BCUT2D eigenvalue weighted by Crippen LogP contribution is 2.44. The van der Waals surface area contributed by atoms with Gasteiger partial charge in [0.05, 0.1) is 71.5 Å². The molecule has 87 heavy (non-hydrogen) atoms. The molecule has 2 unspecified atom stereocenters. The van der Waals surface area contributed by atoms with Gasteiger partial charge in [-0.2, -0.15) is 10.5 Å². The Kier molecular flexibility index (Phi) is 21.4. The Hall–Kier alpha value is -7.56. The first-order chi connectivity index (χ1) is 41.2. The second-order valence-corrected chi connectivity index (χ2v) is 26.2. The topological polar surface area (TPSA) is 251 Å². The summed E-state index contributed by atoms with van der Waals surface area (Å²) in [5.41, 5.74) is 8.60. The summed E-state index contributed by atoms with van der Waals surface area (Å²) in [6.45, 7) is 6.34. The van der Waals surface area contributed by atoms with Gasteiger partial charge in [0, 0.05) is 25.5 Å². The second-order valence-electron chi connectivity index (χ2n) is 23.4. The minimum atomic E-state index is -1.54. The van der Waals surface area contributed by atoms with Crippen LogP contribution in [0, 0.1) is 46.1 Å². The van der Waals surface area contributed by atoms with E-state index in [9.17, 15) is 33.9 Å². The van der Waals surface area contributed by atoms with E-state index in [2.05, 4.69) is 48.1 Å². The predicted molar refractivity (Wildman–Crippen MR) is 336 cm³/mol. The molecule has 2 aliphatic heterocycles. The van der Waals surface area contributed by atoms with Crippen LogP contribution in [0.25, 0.3) is 0 Å². The molecular weight excluding hydrogens is 1190 g/mol. The van der Waals surface area contributed by atoms with E-state index in [0.29, 0.717) is 107 Å². The molecule has 6 aromatic rings. The number of carbonyl (C=O) groups is 4. The van der Waals surface area contributed by atoms with Gasteiger partial charge in [-0.1, -0.05) is 85.3 Å². The molecular formula is C64H69Cl3F2N12O5S. The lowest BCUT2D eigenvalue weighted by molar-refractivity contribution is -0.120. The minimum absolute atomic E-state index is 0. The molecule has 4 heterocycles. The maximum Gasteiger partial charge on any atom is 0.323 e. The van der Waals surface area contributed by atoms with E-state index < -0.39 is 74.4 Å². The zero-order valence-corrected chi connectivity index (χ0v) is 51.5. The number of halogens is 5. The largest absolute Gasteiger partial charge is 0.323 e. The number of benzene rings is 4. The van der Waals surface area contributed by atoms with E-state index in [1.165, 1.54) is 47.2 Å². The van der Waals surface area contributed by atoms with E-state index in [1.54, 1.807) is 84.9 Å². The number of nitrogens with two attached hydrogens (primary N) is 1. The smallest absolute Gasteiger partial charge is 0.322 e. The van der Waals surface area contributed by atoms with E-state index in [1.807, 2.05) is 32.9 Å². The lowest BCUT2D eigenvalue weighted by Gasteiger charge is -2.38. The summed E-state index contributed by atoms with van der Waals surface area (Å²) in [7, 11) is -1.54. The summed E-state index contributed by atoms with van der Waals surface area (Å²) in [4.78, 5) is 63.9. The molecule has 0 bridgehead atoms. The van der Waals surface area contributed by atoms with Crippen LogP contribution in [0.1, 0.15) is 131 Å². The molecule has 0 radical (unpaired) electrons. The standard InChI is InChI=1S/C34H38ClFN6O3S.C30H30ClFN6O2.ClH/c1-33(2,3)46(45)41-34(16-15-22-9-10-22,24-7-4-6-23(18-24)20-37)25-11-13-27(36)28(19-25)39-31(43)29-8-5-17-42(29)32(44)40-30-14-12-26(35)21-38-30;31-23-9-11-27(35-18-23)37-29(40)38-14-2-5-26(38)28(39)36-25-16-22(8-10-24(25)32)30(34,13-12-19-6-7-19)21-4-1-3-20(15-21)17-33;/h4,6-7,11-14,18-19,21-22,29,41H,5,8-10,15-17H2,1-3H3,(H,39,43)(H,38,40,44);1,3-4,8-11,15-16,18-19,26H,2,5-7,12-14,34H2,(H,36,39)(H,35,37,40);1H/t29-,34?,46-;26-,30?;/m11./s1. The van der Waals surface area contributed by atoms with Crippen LogP contribution in [-0.4, -0.2) is 77.8 Å². The van der Waals surface area contributed by atoms with Crippen LogP contribution in [0.4, 0.5) is 41.4 Å². The Morgan fingerprint density at radius 2 is 1.06 bits per heavy atom. The molecule has 4 aliphatic rings. The van der Waals surface area contributed by atoms with Crippen molar-refractivity contribution in [3.05, 3.63) is 177 Å². The Bertz CT molecular complexity index is 3600. The third-order valence-corrected chi connectivity index (χ3v) is 18.2. The average Bonchev–Trinajstić information content (AvgIpc) is 1.73. The molecule has 4 fully saturated rings. The monoisotopic (exact) mass is 1260 g/mol. The Morgan fingerprint density at radius 1 is 0.621 bits per heavy atom. The molecule has 7 N–H and O–H groups in total. The number of nitriles is 2. The van der Waals surface area contributed by atoms with Crippen LogP contribution >= 0.6 is 35.6 Å². The highest BCUT2D eigenvalue weighted by atomic mass is 35.5. The van der Waals surface area contributed by atoms with Gasteiger partial charge in [0.2, 0.25) is 11.8 Å². The highest BCUT2D eigenvalue weighted by Gasteiger charge is 2.42. The average molecular weight is 1260 g/mol. The zero-order valence-electron chi connectivity index (χ0n) is 48.4. The number of anilines is 4. The number of amides is 6. The predicted octanol–water partition coefficient (Wildman–Crippen LogP) is 13.1. The first-order valence-corrected chi connectivity index (χ1v) is 30.7. The van der Waals surface area contributed by atoms with Gasteiger partial charge in [0.25, 0.3) is 0 Å². The first kappa shape index (κ1) is 65.4. The van der Waals surface area contributed by atoms with Gasteiger partial charge in [-0.15, -0.1) is 12.4 Å². The number of likely N-dealkylation sites (tertiary alicyclic amines) is 2. The molecule has 10 rings (SSSR count). The summed E-state index contributed by atoms with van der Waals surface area (Å²) in [6, 6.07) is 31.4. The molecule has 2 aromatic heterocycles. The van der Waals surface area contributed by atoms with Crippen molar-refractivity contribution in [1.82, 2.24) is 24.5 Å². The summed E-state index contributed by atoms with van der Waals surface area (Å²) in [5.74, 6) is -0.502. The number of nitrogens with zero attached hydrogens (tertiary/aromatic N) is 6. The van der Waals surface area contributed by atoms with Gasteiger partial charge in [-0.25, -0.2) is 37.3 Å². The van der Waals surface area contributed by atoms with Crippen molar-refractivity contribution in [3.63, 3.8) is 0 Å². The molecule has 23 heteroatoms. The quantitative estimate of drug-likeness (QED) is 0.0475. The maximum atomic E-state index is 15.4. The van der Waals surface area contributed by atoms with Crippen LogP contribution in [0.3, 0.4) is 0 Å². The molecule has 4 aromatic carbocycles. The fourth-order valence-corrected chi connectivity index (χ4v) is 12.0. The van der Waals surface area contributed by atoms with Crippen LogP contribution in [0.2, 0.25) is 10.0 Å². The lowest BCUT2D eigenvalue weighted by atomic mass is 9.79. The van der Waals surface area contributed by atoms with Gasteiger partial charge in [-0.3, -0.25) is 20.2 Å². The van der Waals surface area contributed by atoms with Gasteiger partial charge in [0.1, 0.15) is 35.4 Å². The molecule has 6 amide bonds. The third-order valence-electron chi connectivity index (χ3n) is 16.1. The summed E-state index contributed by atoms with van der Waals surface area (Å²) in [5, 5.41) is 30.8. The van der Waals surface area contributed by atoms with Crippen molar-refractivity contribution in [2.75, 3.05) is 34.4 Å². The molecule has 456 valence electrons. The Labute approximate surface area is 524 Å². The van der Waals surface area contributed by atoms with Gasteiger partial charge < -0.3 is 26.2 Å². The fourth-order valence-electron chi connectivity index (χ4n) is 10.8. The van der Waals surface area contributed by atoms with Gasteiger partial charge in [-0.05, 0) is 179 Å². The number of urea groups is 2. The number of carbonyl (C=O) groups excluding carboxylic acids is 4. The molecule has 5 atom stereocenters.